The summed E-state index contributed by atoms with van der Waals surface area (Å²) < 4.78 is 90.2. The van der Waals surface area contributed by atoms with E-state index in [0.717, 1.165) is 62.2 Å². The molecule has 46 heavy (non-hydrogen) atoms. The van der Waals surface area contributed by atoms with E-state index in [9.17, 15) is 34.8 Å². The molecule has 0 unspecified atom stereocenters. The second kappa shape index (κ2) is 13.2. The van der Waals surface area contributed by atoms with Gasteiger partial charge >= 0.3 is 5.51 Å². The highest BCUT2D eigenvalue weighted by Gasteiger charge is 2.48. The highest BCUT2D eigenvalue weighted by Crippen LogP contribution is 2.36. The summed E-state index contributed by atoms with van der Waals surface area (Å²) in [5, 5.41) is 0.716. The van der Waals surface area contributed by atoms with Gasteiger partial charge in [0.2, 0.25) is 0 Å². The minimum absolute atomic E-state index is 0.0112. The summed E-state index contributed by atoms with van der Waals surface area (Å²) in [5.74, 6) is -1.04. The number of benzene rings is 3. The SMILES string of the molecule is Nc1ccc(S(=O)(=O)NC(=O)c2ccc(C3=CCN(CC4=C(c5ccc(Cl)cc5)CCCC4)CC3)cc2)cc1S(=O)(=O)C(F)(F)F. The summed E-state index contributed by atoms with van der Waals surface area (Å²) in [6.45, 7) is 2.48. The minimum Gasteiger partial charge on any atom is -0.398 e. The predicted octanol–water partition coefficient (Wildman–Crippen LogP) is 6.45. The van der Waals surface area contributed by atoms with Crippen LogP contribution in [0, 0.1) is 0 Å². The van der Waals surface area contributed by atoms with Crippen LogP contribution in [-0.4, -0.2) is 52.8 Å². The first-order valence-electron chi connectivity index (χ1n) is 14.4. The van der Waals surface area contributed by atoms with E-state index in [4.69, 9.17) is 17.3 Å². The van der Waals surface area contributed by atoms with Gasteiger partial charge in [0.15, 0.2) is 0 Å². The first-order chi connectivity index (χ1) is 21.7. The number of carbonyl (C=O) groups excluding carboxylic acids is 1. The van der Waals surface area contributed by atoms with Crippen molar-refractivity contribution in [1.29, 1.82) is 0 Å². The number of hydrogen-bond acceptors (Lipinski definition) is 7. The molecular formula is C32H31ClF3N3O5S2. The van der Waals surface area contributed by atoms with E-state index in [2.05, 4.69) is 23.1 Å². The molecule has 0 fully saturated rings. The summed E-state index contributed by atoms with van der Waals surface area (Å²) in [4.78, 5) is 12.9. The van der Waals surface area contributed by atoms with Crippen molar-refractivity contribution in [3.8, 4) is 0 Å². The molecule has 1 amide bonds. The lowest BCUT2D eigenvalue weighted by Gasteiger charge is -2.30. The Morgan fingerprint density at radius 2 is 1.54 bits per heavy atom. The molecule has 3 N–H and O–H groups in total. The fraction of sp³-hybridized carbons (Fsp3) is 0.281. The molecule has 0 saturated carbocycles. The second-order valence-electron chi connectivity index (χ2n) is 11.2. The van der Waals surface area contributed by atoms with Crippen LogP contribution in [0.25, 0.3) is 11.1 Å². The number of halogens is 4. The van der Waals surface area contributed by atoms with Gasteiger partial charge in [0.1, 0.15) is 4.90 Å². The summed E-state index contributed by atoms with van der Waals surface area (Å²) in [6, 6.07) is 16.1. The van der Waals surface area contributed by atoms with Crippen molar-refractivity contribution >= 4 is 54.2 Å². The lowest BCUT2D eigenvalue weighted by Crippen LogP contribution is -2.31. The molecule has 1 heterocycles. The normalized spacial score (nSPS) is 16.7. The van der Waals surface area contributed by atoms with E-state index in [0.29, 0.717) is 5.02 Å². The molecule has 3 aromatic carbocycles. The van der Waals surface area contributed by atoms with Crippen molar-refractivity contribution < 1.29 is 34.8 Å². The third-order valence-electron chi connectivity index (χ3n) is 8.12. The van der Waals surface area contributed by atoms with Crippen molar-refractivity contribution in [2.45, 2.75) is 47.4 Å². The number of hydrogen-bond donors (Lipinski definition) is 2. The number of nitrogens with two attached hydrogens (primary N) is 1. The molecule has 8 nitrogen and oxygen atoms in total. The van der Waals surface area contributed by atoms with E-state index >= 15 is 0 Å². The van der Waals surface area contributed by atoms with E-state index in [1.54, 1.807) is 16.9 Å². The zero-order valence-electron chi connectivity index (χ0n) is 24.5. The number of nitrogen functional groups attached to an aromatic ring is 1. The van der Waals surface area contributed by atoms with E-state index < -0.39 is 46.8 Å². The van der Waals surface area contributed by atoms with Crippen LogP contribution in [-0.2, 0) is 19.9 Å². The molecule has 0 spiro atoms. The number of sulfonamides is 1. The third-order valence-corrected chi connectivity index (χ3v) is 11.2. The Bertz CT molecular complexity index is 1920. The standard InChI is InChI=1S/C32H31ClF3N3O5S2/c33-26-11-9-23(10-12-26)28-4-2-1-3-25(28)20-39-17-15-22(16-18-39)21-5-7-24(8-6-21)31(40)38-46(43,44)27-13-14-29(37)30(19-27)45(41,42)32(34,35)36/h5-15,19H,1-4,16-18,20,37H2,(H,38,40). The number of sulfone groups is 1. The van der Waals surface area contributed by atoms with Gasteiger partial charge in [0.25, 0.3) is 25.8 Å². The average molecular weight is 694 g/mol. The number of rotatable bonds is 8. The van der Waals surface area contributed by atoms with Gasteiger partial charge in [0, 0.05) is 30.2 Å². The number of nitrogens with zero attached hydrogens (tertiary/aromatic N) is 1. The smallest absolute Gasteiger partial charge is 0.398 e. The summed E-state index contributed by atoms with van der Waals surface area (Å²) in [6.07, 6.45) is 7.38. The van der Waals surface area contributed by atoms with Crippen molar-refractivity contribution in [1.82, 2.24) is 9.62 Å². The highest BCUT2D eigenvalue weighted by atomic mass is 35.5. The zero-order chi connectivity index (χ0) is 33.3. The van der Waals surface area contributed by atoms with Crippen LogP contribution in [0.15, 0.2) is 88.2 Å². The van der Waals surface area contributed by atoms with Gasteiger partial charge in [-0.15, -0.1) is 0 Å². The lowest BCUT2D eigenvalue weighted by molar-refractivity contribution is -0.0435. The number of carbonyl (C=O) groups is 1. The first kappa shape index (κ1) is 33.7. The van der Waals surface area contributed by atoms with Crippen LogP contribution >= 0.6 is 11.6 Å². The molecule has 1 aliphatic heterocycles. The average Bonchev–Trinajstić information content (AvgIpc) is 3.01. The Morgan fingerprint density at radius 3 is 2.17 bits per heavy atom. The fourth-order valence-corrected chi connectivity index (χ4v) is 7.75. The maximum atomic E-state index is 13.0. The summed E-state index contributed by atoms with van der Waals surface area (Å²) >= 11 is 6.09. The van der Waals surface area contributed by atoms with Gasteiger partial charge < -0.3 is 5.73 Å². The maximum absolute atomic E-state index is 13.0. The van der Waals surface area contributed by atoms with Crippen LogP contribution in [0.1, 0.15) is 53.6 Å². The predicted molar refractivity (Wildman–Crippen MR) is 171 cm³/mol. The van der Waals surface area contributed by atoms with Crippen LogP contribution in [0.3, 0.4) is 0 Å². The van der Waals surface area contributed by atoms with Crippen LogP contribution < -0.4 is 10.5 Å². The van der Waals surface area contributed by atoms with Gasteiger partial charge in [-0.1, -0.05) is 47.5 Å². The van der Waals surface area contributed by atoms with Crippen LogP contribution in [0.2, 0.25) is 5.02 Å². The highest BCUT2D eigenvalue weighted by molar-refractivity contribution is 7.92. The molecule has 0 radical (unpaired) electrons. The van der Waals surface area contributed by atoms with Crippen LogP contribution in [0.4, 0.5) is 18.9 Å². The zero-order valence-corrected chi connectivity index (χ0v) is 26.9. The first-order valence-corrected chi connectivity index (χ1v) is 17.8. The van der Waals surface area contributed by atoms with Crippen LogP contribution in [0.5, 0.6) is 0 Å². The van der Waals surface area contributed by atoms with Gasteiger partial charge in [0.05, 0.1) is 10.6 Å². The third kappa shape index (κ3) is 7.33. The molecule has 0 atom stereocenters. The topological polar surface area (TPSA) is 127 Å². The molecular weight excluding hydrogens is 663 g/mol. The number of allylic oxidation sites excluding steroid dienone is 1. The Balaban J connectivity index is 1.25. The number of alkyl halides is 3. The molecule has 244 valence electrons. The fourth-order valence-electron chi connectivity index (χ4n) is 5.64. The summed E-state index contributed by atoms with van der Waals surface area (Å²) in [7, 11) is -10.7. The lowest BCUT2D eigenvalue weighted by atomic mass is 9.87. The number of anilines is 1. The maximum Gasteiger partial charge on any atom is 0.501 e. The Hall–Kier alpha value is -3.65. The van der Waals surface area contributed by atoms with E-state index in [1.165, 1.54) is 41.7 Å². The van der Waals surface area contributed by atoms with Crippen molar-refractivity contribution in [3.63, 3.8) is 0 Å². The quantitative estimate of drug-likeness (QED) is 0.260. The monoisotopic (exact) mass is 693 g/mol. The Labute approximate surface area is 270 Å². The molecule has 5 rings (SSSR count). The van der Waals surface area contributed by atoms with Crippen molar-refractivity contribution in [2.75, 3.05) is 25.4 Å². The number of nitrogens with one attached hydrogen (secondary N) is 1. The molecule has 0 saturated heterocycles. The van der Waals surface area contributed by atoms with E-state index in [1.807, 2.05) is 12.1 Å². The molecule has 0 aromatic heterocycles. The molecule has 0 bridgehead atoms. The van der Waals surface area contributed by atoms with Gasteiger partial charge in [-0.2, -0.15) is 13.2 Å². The molecule has 2 aliphatic rings. The Kier molecular flexibility index (Phi) is 9.69. The van der Waals surface area contributed by atoms with Gasteiger partial charge in [-0.05, 0) is 96.8 Å². The van der Waals surface area contributed by atoms with Crippen molar-refractivity contribution in [3.05, 3.63) is 100 Å². The largest absolute Gasteiger partial charge is 0.501 e. The van der Waals surface area contributed by atoms with Gasteiger partial charge in [-0.3, -0.25) is 9.69 Å². The van der Waals surface area contributed by atoms with Crippen molar-refractivity contribution in [2.24, 2.45) is 0 Å². The molecule has 3 aromatic rings. The molecule has 1 aliphatic carbocycles. The minimum atomic E-state index is -5.93. The van der Waals surface area contributed by atoms with E-state index in [-0.39, 0.29) is 11.6 Å². The molecule has 14 heteroatoms. The summed E-state index contributed by atoms with van der Waals surface area (Å²) in [5.41, 5.74) is 4.93. The van der Waals surface area contributed by atoms with Gasteiger partial charge in [-0.25, -0.2) is 21.6 Å². The Morgan fingerprint density at radius 1 is 0.891 bits per heavy atom. The second-order valence-corrected chi connectivity index (χ2v) is 15.2. The number of amides is 1.